The molecule has 20 heavy (non-hydrogen) atoms. The largest absolute Gasteiger partial charge is 0.481 e. The number of sulfonamides is 1. The lowest BCUT2D eigenvalue weighted by Crippen LogP contribution is -2.55. The third-order valence-corrected chi connectivity index (χ3v) is 5.07. The van der Waals surface area contributed by atoms with Crippen LogP contribution in [0.4, 0.5) is 0 Å². The summed E-state index contributed by atoms with van der Waals surface area (Å²) in [7, 11) is -3.48. The van der Waals surface area contributed by atoms with E-state index in [1.54, 1.807) is 24.5 Å². The van der Waals surface area contributed by atoms with Crippen LogP contribution in [0.2, 0.25) is 0 Å². The molecule has 0 aliphatic heterocycles. The number of aromatic nitrogens is 1. The van der Waals surface area contributed by atoms with Gasteiger partial charge in [-0.05, 0) is 43.4 Å². The number of nitrogens with one attached hydrogen (secondary N) is 1. The Kier molecular flexibility index (Phi) is 4.39. The Morgan fingerprint density at radius 3 is 2.50 bits per heavy atom. The van der Waals surface area contributed by atoms with E-state index in [-0.39, 0.29) is 12.2 Å². The van der Waals surface area contributed by atoms with E-state index in [9.17, 15) is 13.2 Å². The maximum atomic E-state index is 12.1. The smallest absolute Gasteiger partial charge is 0.305 e. The standard InChI is InChI=1S/C13H18N2O4S/c16-12(17)10-13(5-1-6-13)15-20(18,19)9-4-11-2-7-14-8-3-11/h2-3,7-8,15H,1,4-6,9-10H2,(H,16,17). The Labute approximate surface area is 118 Å². The van der Waals surface area contributed by atoms with E-state index in [2.05, 4.69) is 9.71 Å². The number of aryl methyl sites for hydroxylation is 1. The summed E-state index contributed by atoms with van der Waals surface area (Å²) >= 11 is 0. The lowest BCUT2D eigenvalue weighted by atomic mass is 9.75. The number of carboxylic acids is 1. The second-order valence-electron chi connectivity index (χ2n) is 5.23. The van der Waals surface area contributed by atoms with Crippen molar-refractivity contribution in [1.82, 2.24) is 9.71 Å². The molecule has 2 N–H and O–H groups in total. The quantitative estimate of drug-likeness (QED) is 0.781. The molecule has 0 saturated heterocycles. The van der Waals surface area contributed by atoms with Crippen LogP contribution in [-0.4, -0.2) is 35.8 Å². The van der Waals surface area contributed by atoms with Gasteiger partial charge in [0.25, 0.3) is 0 Å². The summed E-state index contributed by atoms with van der Waals surface area (Å²) in [6, 6.07) is 3.54. The summed E-state index contributed by atoms with van der Waals surface area (Å²) in [6.45, 7) is 0. The molecule has 0 amide bonds. The van der Waals surface area contributed by atoms with Crippen LogP contribution in [0.25, 0.3) is 0 Å². The van der Waals surface area contributed by atoms with E-state index in [1.165, 1.54) is 0 Å². The van der Waals surface area contributed by atoms with Gasteiger partial charge in [0.15, 0.2) is 0 Å². The van der Waals surface area contributed by atoms with Crippen molar-refractivity contribution in [2.45, 2.75) is 37.6 Å². The van der Waals surface area contributed by atoms with Gasteiger partial charge in [-0.2, -0.15) is 0 Å². The average molecular weight is 298 g/mol. The van der Waals surface area contributed by atoms with E-state index in [1.807, 2.05) is 0 Å². The number of carbonyl (C=O) groups is 1. The zero-order valence-corrected chi connectivity index (χ0v) is 11.9. The Hall–Kier alpha value is -1.47. The Bertz CT molecular complexity index is 567. The van der Waals surface area contributed by atoms with Crippen LogP contribution in [0.1, 0.15) is 31.2 Å². The zero-order chi connectivity index (χ0) is 14.6. The number of pyridine rings is 1. The third kappa shape index (κ3) is 4.01. The molecule has 1 saturated carbocycles. The summed E-state index contributed by atoms with van der Waals surface area (Å²) in [5.74, 6) is -1.01. The van der Waals surface area contributed by atoms with Gasteiger partial charge >= 0.3 is 5.97 Å². The van der Waals surface area contributed by atoms with Gasteiger partial charge in [0.1, 0.15) is 0 Å². The van der Waals surface area contributed by atoms with Crippen LogP contribution in [0.3, 0.4) is 0 Å². The number of hydrogen-bond donors (Lipinski definition) is 2. The molecule has 0 spiro atoms. The molecule has 0 aromatic carbocycles. The number of hydrogen-bond acceptors (Lipinski definition) is 4. The summed E-state index contributed by atoms with van der Waals surface area (Å²) < 4.78 is 26.7. The number of rotatable bonds is 7. The molecular formula is C13H18N2O4S. The predicted octanol–water partition coefficient (Wildman–Crippen LogP) is 0.941. The molecule has 0 radical (unpaired) electrons. The number of nitrogens with zero attached hydrogens (tertiary/aromatic N) is 1. The first kappa shape index (κ1) is 14.9. The molecule has 1 heterocycles. The van der Waals surface area contributed by atoms with Crippen LogP contribution >= 0.6 is 0 Å². The molecule has 6 nitrogen and oxygen atoms in total. The minimum Gasteiger partial charge on any atom is -0.481 e. The molecule has 1 fully saturated rings. The molecule has 0 bridgehead atoms. The zero-order valence-electron chi connectivity index (χ0n) is 11.1. The van der Waals surface area contributed by atoms with Crippen molar-refractivity contribution < 1.29 is 18.3 Å². The van der Waals surface area contributed by atoms with Crippen molar-refractivity contribution in [2.75, 3.05) is 5.75 Å². The number of carboxylic acid groups (broad SMARTS) is 1. The molecule has 1 aliphatic rings. The fraction of sp³-hybridized carbons (Fsp3) is 0.538. The van der Waals surface area contributed by atoms with Crippen molar-refractivity contribution in [2.24, 2.45) is 0 Å². The maximum absolute atomic E-state index is 12.1. The fourth-order valence-electron chi connectivity index (χ4n) is 2.39. The highest BCUT2D eigenvalue weighted by Crippen LogP contribution is 2.35. The van der Waals surface area contributed by atoms with Gasteiger partial charge in [0.05, 0.1) is 12.2 Å². The van der Waals surface area contributed by atoms with E-state index in [0.717, 1.165) is 12.0 Å². The monoisotopic (exact) mass is 298 g/mol. The molecule has 110 valence electrons. The first-order chi connectivity index (χ1) is 9.41. The van der Waals surface area contributed by atoms with Gasteiger partial charge in [-0.3, -0.25) is 9.78 Å². The highest BCUT2D eigenvalue weighted by atomic mass is 32.2. The third-order valence-electron chi connectivity index (χ3n) is 3.58. The van der Waals surface area contributed by atoms with Crippen molar-refractivity contribution in [3.8, 4) is 0 Å². The minimum atomic E-state index is -3.48. The highest BCUT2D eigenvalue weighted by molar-refractivity contribution is 7.89. The molecule has 2 rings (SSSR count). The normalized spacial score (nSPS) is 17.4. The Morgan fingerprint density at radius 2 is 2.00 bits per heavy atom. The van der Waals surface area contributed by atoms with Gasteiger partial charge in [0, 0.05) is 17.9 Å². The van der Waals surface area contributed by atoms with E-state index in [0.29, 0.717) is 19.3 Å². The van der Waals surface area contributed by atoms with Gasteiger partial charge in [-0.1, -0.05) is 0 Å². The van der Waals surface area contributed by atoms with Crippen molar-refractivity contribution in [3.63, 3.8) is 0 Å². The Balaban J connectivity index is 1.95. The fourth-order valence-corrected chi connectivity index (χ4v) is 3.93. The van der Waals surface area contributed by atoms with Crippen molar-refractivity contribution in [1.29, 1.82) is 0 Å². The summed E-state index contributed by atoms with van der Waals surface area (Å²) in [4.78, 5) is 14.7. The number of aliphatic carboxylic acids is 1. The second kappa shape index (κ2) is 5.88. The van der Waals surface area contributed by atoms with Gasteiger partial charge in [-0.25, -0.2) is 13.1 Å². The molecular weight excluding hydrogens is 280 g/mol. The van der Waals surface area contributed by atoms with E-state index < -0.39 is 21.5 Å². The van der Waals surface area contributed by atoms with E-state index >= 15 is 0 Å². The first-order valence-electron chi connectivity index (χ1n) is 6.53. The second-order valence-corrected chi connectivity index (χ2v) is 7.07. The van der Waals surface area contributed by atoms with Gasteiger partial charge in [0.2, 0.25) is 10.0 Å². The average Bonchev–Trinajstić information content (AvgIpc) is 2.34. The van der Waals surface area contributed by atoms with Gasteiger partial charge < -0.3 is 5.11 Å². The van der Waals surface area contributed by atoms with Crippen LogP contribution in [0.15, 0.2) is 24.5 Å². The molecule has 1 aliphatic carbocycles. The SMILES string of the molecule is O=C(O)CC1(NS(=O)(=O)CCc2ccncc2)CCC1. The van der Waals surface area contributed by atoms with Gasteiger partial charge in [-0.15, -0.1) is 0 Å². The molecule has 0 atom stereocenters. The Morgan fingerprint density at radius 1 is 1.35 bits per heavy atom. The maximum Gasteiger partial charge on any atom is 0.305 e. The molecule has 1 aromatic heterocycles. The van der Waals surface area contributed by atoms with Crippen LogP contribution in [-0.2, 0) is 21.2 Å². The summed E-state index contributed by atoms with van der Waals surface area (Å²) in [5, 5.41) is 8.88. The van der Waals surface area contributed by atoms with Crippen molar-refractivity contribution >= 4 is 16.0 Å². The van der Waals surface area contributed by atoms with Crippen LogP contribution in [0.5, 0.6) is 0 Å². The summed E-state index contributed by atoms with van der Waals surface area (Å²) in [6.07, 6.45) is 5.52. The molecule has 0 unspecified atom stereocenters. The lowest BCUT2D eigenvalue weighted by Gasteiger charge is -2.41. The molecule has 7 heteroatoms. The van der Waals surface area contributed by atoms with Crippen LogP contribution in [0, 0.1) is 0 Å². The highest BCUT2D eigenvalue weighted by Gasteiger charge is 2.41. The van der Waals surface area contributed by atoms with Crippen LogP contribution < -0.4 is 4.72 Å². The first-order valence-corrected chi connectivity index (χ1v) is 8.18. The summed E-state index contributed by atoms with van der Waals surface area (Å²) in [5.41, 5.74) is 0.120. The molecule has 1 aromatic rings. The predicted molar refractivity (Wildman–Crippen MR) is 73.7 cm³/mol. The van der Waals surface area contributed by atoms with Crippen molar-refractivity contribution in [3.05, 3.63) is 30.1 Å². The topological polar surface area (TPSA) is 96.4 Å². The van der Waals surface area contributed by atoms with E-state index in [4.69, 9.17) is 5.11 Å². The minimum absolute atomic E-state index is 0.0433. The lowest BCUT2D eigenvalue weighted by molar-refractivity contribution is -0.139.